The molecule has 0 saturated carbocycles. The second-order valence-corrected chi connectivity index (χ2v) is 10.5. The lowest BCUT2D eigenvalue weighted by molar-refractivity contribution is -0.114. The molecule has 0 unspecified atom stereocenters. The van der Waals surface area contributed by atoms with E-state index in [-0.39, 0.29) is 23.3 Å². The summed E-state index contributed by atoms with van der Waals surface area (Å²) in [4.78, 5) is 39.3. The number of hydrogen-bond donors (Lipinski definition) is 3. The summed E-state index contributed by atoms with van der Waals surface area (Å²) in [5.74, 6) is -0.772. The molecule has 0 saturated heterocycles. The van der Waals surface area contributed by atoms with Gasteiger partial charge in [-0.2, -0.15) is 0 Å². The van der Waals surface area contributed by atoms with Gasteiger partial charge in [-0.05, 0) is 85.1 Å². The molecule has 8 heteroatoms. The van der Waals surface area contributed by atoms with E-state index in [9.17, 15) is 14.4 Å². The molecule has 0 fully saturated rings. The van der Waals surface area contributed by atoms with Crippen molar-refractivity contribution in [3.63, 3.8) is 0 Å². The number of nitrogens with one attached hydrogen (secondary N) is 3. The van der Waals surface area contributed by atoms with Crippen LogP contribution in [0.25, 0.3) is 6.08 Å². The average Bonchev–Trinajstić information content (AvgIpc) is 2.96. The Morgan fingerprint density at radius 1 is 0.775 bits per heavy atom. The van der Waals surface area contributed by atoms with E-state index in [0.717, 1.165) is 21.6 Å². The number of halogens is 1. The summed E-state index contributed by atoms with van der Waals surface area (Å²) < 4.78 is 0. The highest BCUT2D eigenvalue weighted by Crippen LogP contribution is 2.23. The van der Waals surface area contributed by atoms with Gasteiger partial charge in [0.25, 0.3) is 11.8 Å². The Bertz CT molecular complexity index is 1550. The second-order valence-electron chi connectivity index (χ2n) is 9.01. The Hall–Kier alpha value is -4.33. The maximum Gasteiger partial charge on any atom is 0.272 e. The molecule has 0 aromatic heterocycles. The molecule has 0 radical (unpaired) electrons. The number of amides is 3. The van der Waals surface area contributed by atoms with E-state index in [1.165, 1.54) is 11.8 Å². The van der Waals surface area contributed by atoms with Crippen LogP contribution in [0.3, 0.4) is 0 Å². The third-order valence-electron chi connectivity index (χ3n) is 5.95. The SMILES string of the molecule is Cc1ccc(NC(=O)CSc2ccc(NC(=O)/C(=C/c3ccccc3C)NC(=O)c3ccccc3)cc2)cc1Cl. The lowest BCUT2D eigenvalue weighted by Gasteiger charge is -2.12. The maximum absolute atomic E-state index is 13.3. The molecule has 0 heterocycles. The molecular weight excluding hydrogens is 542 g/mol. The van der Waals surface area contributed by atoms with E-state index in [4.69, 9.17) is 11.6 Å². The van der Waals surface area contributed by atoms with Crippen LogP contribution in [0.4, 0.5) is 11.4 Å². The predicted molar refractivity (Wildman–Crippen MR) is 164 cm³/mol. The zero-order valence-corrected chi connectivity index (χ0v) is 23.6. The zero-order valence-electron chi connectivity index (χ0n) is 22.0. The molecule has 0 bridgehead atoms. The first-order valence-electron chi connectivity index (χ1n) is 12.5. The highest BCUT2D eigenvalue weighted by Gasteiger charge is 2.16. The molecular formula is C32H28ClN3O3S. The number of thioether (sulfide) groups is 1. The van der Waals surface area contributed by atoms with Crippen molar-refractivity contribution in [3.05, 3.63) is 130 Å². The fraction of sp³-hybridized carbons (Fsp3) is 0.0938. The van der Waals surface area contributed by atoms with Crippen LogP contribution in [0.2, 0.25) is 5.02 Å². The molecule has 3 amide bonds. The minimum absolute atomic E-state index is 0.120. The van der Waals surface area contributed by atoms with Crippen molar-refractivity contribution in [2.45, 2.75) is 18.7 Å². The molecule has 40 heavy (non-hydrogen) atoms. The summed E-state index contributed by atoms with van der Waals surface area (Å²) in [6.07, 6.45) is 1.66. The molecule has 4 aromatic carbocycles. The maximum atomic E-state index is 13.3. The van der Waals surface area contributed by atoms with E-state index in [1.54, 1.807) is 48.5 Å². The Kier molecular flexibility index (Phi) is 9.78. The summed E-state index contributed by atoms with van der Waals surface area (Å²) >= 11 is 7.50. The zero-order chi connectivity index (χ0) is 28.5. The van der Waals surface area contributed by atoms with Gasteiger partial charge in [0.2, 0.25) is 5.91 Å². The number of anilines is 2. The molecule has 202 valence electrons. The number of rotatable bonds is 9. The highest BCUT2D eigenvalue weighted by molar-refractivity contribution is 8.00. The van der Waals surface area contributed by atoms with Crippen LogP contribution in [0.5, 0.6) is 0 Å². The van der Waals surface area contributed by atoms with E-state index in [2.05, 4.69) is 16.0 Å². The fourth-order valence-corrected chi connectivity index (χ4v) is 4.58. The molecule has 0 aliphatic rings. The van der Waals surface area contributed by atoms with Gasteiger partial charge < -0.3 is 16.0 Å². The van der Waals surface area contributed by atoms with Crippen molar-refractivity contribution in [2.75, 3.05) is 16.4 Å². The van der Waals surface area contributed by atoms with Crippen LogP contribution in [0, 0.1) is 13.8 Å². The second kappa shape index (κ2) is 13.6. The Morgan fingerprint density at radius 2 is 1.45 bits per heavy atom. The summed E-state index contributed by atoms with van der Waals surface area (Å²) in [5, 5.41) is 9.04. The van der Waals surface area contributed by atoms with Crippen LogP contribution in [-0.4, -0.2) is 23.5 Å². The van der Waals surface area contributed by atoms with Crippen molar-refractivity contribution in [2.24, 2.45) is 0 Å². The molecule has 0 spiro atoms. The van der Waals surface area contributed by atoms with Crippen molar-refractivity contribution < 1.29 is 14.4 Å². The average molecular weight is 570 g/mol. The van der Waals surface area contributed by atoms with E-state index < -0.39 is 5.91 Å². The molecule has 6 nitrogen and oxygen atoms in total. The predicted octanol–water partition coefficient (Wildman–Crippen LogP) is 7.10. The summed E-state index contributed by atoms with van der Waals surface area (Å²) in [6, 6.07) is 28.9. The first-order chi connectivity index (χ1) is 19.3. The van der Waals surface area contributed by atoms with Gasteiger partial charge in [0.15, 0.2) is 0 Å². The standard InChI is InChI=1S/C32H28ClN3O3S/c1-21-8-6-7-11-24(21)18-29(36-31(38)23-9-4-3-5-10-23)32(39)35-25-14-16-27(17-15-25)40-20-30(37)34-26-13-12-22(2)28(33)19-26/h3-19H,20H2,1-2H3,(H,34,37)(H,35,39)(H,36,38)/b29-18-. The number of benzene rings is 4. The lowest BCUT2D eigenvalue weighted by atomic mass is 10.1. The van der Waals surface area contributed by atoms with E-state index in [1.807, 2.05) is 68.4 Å². The van der Waals surface area contributed by atoms with Crippen LogP contribution >= 0.6 is 23.4 Å². The van der Waals surface area contributed by atoms with Gasteiger partial charge in [-0.1, -0.05) is 60.1 Å². The van der Waals surface area contributed by atoms with Gasteiger partial charge >= 0.3 is 0 Å². The topological polar surface area (TPSA) is 87.3 Å². The molecule has 3 N–H and O–H groups in total. The smallest absolute Gasteiger partial charge is 0.272 e. The number of carbonyl (C=O) groups excluding carboxylic acids is 3. The first kappa shape index (κ1) is 28.7. The molecule has 0 aliphatic heterocycles. The third kappa shape index (κ3) is 8.09. The summed E-state index contributed by atoms with van der Waals surface area (Å²) in [5.41, 5.74) is 4.50. The number of hydrogen-bond acceptors (Lipinski definition) is 4. The number of aryl methyl sites for hydroxylation is 2. The fourth-order valence-electron chi connectivity index (χ4n) is 3.70. The van der Waals surface area contributed by atoms with Crippen molar-refractivity contribution >= 4 is 58.5 Å². The summed E-state index contributed by atoms with van der Waals surface area (Å²) in [6.45, 7) is 3.84. The van der Waals surface area contributed by atoms with Crippen molar-refractivity contribution in [1.29, 1.82) is 0 Å². The quantitative estimate of drug-likeness (QED) is 0.148. The minimum atomic E-state index is -0.455. The van der Waals surface area contributed by atoms with Gasteiger partial charge in [0.1, 0.15) is 5.70 Å². The highest BCUT2D eigenvalue weighted by atomic mass is 35.5. The van der Waals surface area contributed by atoms with Crippen LogP contribution in [-0.2, 0) is 9.59 Å². The largest absolute Gasteiger partial charge is 0.325 e. The van der Waals surface area contributed by atoms with Crippen LogP contribution in [0.15, 0.2) is 108 Å². The van der Waals surface area contributed by atoms with Crippen molar-refractivity contribution in [1.82, 2.24) is 5.32 Å². The van der Waals surface area contributed by atoms with Gasteiger partial charge in [-0.3, -0.25) is 14.4 Å². The molecule has 4 aromatic rings. The Morgan fingerprint density at radius 3 is 2.15 bits per heavy atom. The van der Waals surface area contributed by atoms with E-state index in [0.29, 0.717) is 22.0 Å². The summed E-state index contributed by atoms with van der Waals surface area (Å²) in [7, 11) is 0. The molecule has 0 atom stereocenters. The minimum Gasteiger partial charge on any atom is -0.325 e. The van der Waals surface area contributed by atoms with E-state index >= 15 is 0 Å². The van der Waals surface area contributed by atoms with Crippen LogP contribution < -0.4 is 16.0 Å². The van der Waals surface area contributed by atoms with Gasteiger partial charge in [-0.15, -0.1) is 11.8 Å². The molecule has 0 aliphatic carbocycles. The van der Waals surface area contributed by atoms with Gasteiger partial charge in [0.05, 0.1) is 5.75 Å². The Balaban J connectivity index is 1.40. The number of carbonyl (C=O) groups is 3. The van der Waals surface area contributed by atoms with Gasteiger partial charge in [0, 0.05) is 26.9 Å². The third-order valence-corrected chi connectivity index (χ3v) is 7.37. The van der Waals surface area contributed by atoms with Gasteiger partial charge in [-0.25, -0.2) is 0 Å². The first-order valence-corrected chi connectivity index (χ1v) is 13.9. The lowest BCUT2D eigenvalue weighted by Crippen LogP contribution is -2.30. The Labute approximate surface area is 242 Å². The van der Waals surface area contributed by atoms with Crippen LogP contribution in [0.1, 0.15) is 27.0 Å². The van der Waals surface area contributed by atoms with Crippen molar-refractivity contribution in [3.8, 4) is 0 Å². The normalized spacial score (nSPS) is 11.0. The monoisotopic (exact) mass is 569 g/mol. The molecule has 4 rings (SSSR count).